The number of ether oxygens (including phenoxy) is 1. The van der Waals surface area contributed by atoms with Crippen LogP contribution in [0.5, 0.6) is 0 Å². The van der Waals surface area contributed by atoms with Gasteiger partial charge < -0.3 is 4.74 Å². The lowest BCUT2D eigenvalue weighted by Crippen LogP contribution is -2.21. The largest absolute Gasteiger partial charge is 0.466 e. The van der Waals surface area contributed by atoms with Gasteiger partial charge in [-0.1, -0.05) is 51.2 Å². The first kappa shape index (κ1) is 15.2. The minimum absolute atomic E-state index is 0.299. The molecule has 0 fully saturated rings. The summed E-state index contributed by atoms with van der Waals surface area (Å²) >= 11 is 0. The highest BCUT2D eigenvalue weighted by Gasteiger charge is 2.16. The molecule has 0 aromatic heterocycles. The minimum Gasteiger partial charge on any atom is -0.466 e. The summed E-state index contributed by atoms with van der Waals surface area (Å²) in [6, 6.07) is 1.18. The fourth-order valence-corrected chi connectivity index (χ4v) is 3.14. The highest BCUT2D eigenvalue weighted by Crippen LogP contribution is 2.22. The Morgan fingerprint density at radius 1 is 1.31 bits per heavy atom. The first-order valence-corrected chi connectivity index (χ1v) is 9.42. The van der Waals surface area contributed by atoms with Crippen molar-refractivity contribution >= 4 is 14.0 Å². The van der Waals surface area contributed by atoms with Crippen molar-refractivity contribution in [3.05, 3.63) is 23.8 Å². The van der Waals surface area contributed by atoms with Gasteiger partial charge in [-0.05, 0) is 12.0 Å². The van der Waals surface area contributed by atoms with Gasteiger partial charge in [0.05, 0.1) is 7.11 Å². The van der Waals surface area contributed by atoms with E-state index < -0.39 is 8.07 Å². The molecular weight excluding hydrogens is 216 g/mol. The topological polar surface area (TPSA) is 26.3 Å². The number of allylic oxidation sites excluding steroid dienone is 3. The Morgan fingerprint density at radius 2 is 1.88 bits per heavy atom. The molecule has 0 spiro atoms. The van der Waals surface area contributed by atoms with Crippen LogP contribution in [0.25, 0.3) is 0 Å². The molecule has 0 heterocycles. The van der Waals surface area contributed by atoms with E-state index in [2.05, 4.69) is 44.3 Å². The van der Waals surface area contributed by atoms with E-state index in [0.29, 0.717) is 5.92 Å². The molecular formula is C13H24O2Si. The van der Waals surface area contributed by atoms with Crippen LogP contribution in [0.1, 0.15) is 13.8 Å². The standard InChI is InChI=1S/C13H24O2Si/c1-11(2)12(10-16(4,5)6)8-7-9-13(14)15-3/h7-9,11H,10H2,1-6H3/b9-7+,12-8-. The molecule has 2 nitrogen and oxygen atoms in total. The van der Waals surface area contributed by atoms with E-state index in [0.717, 1.165) is 0 Å². The van der Waals surface area contributed by atoms with Crippen LogP contribution in [0, 0.1) is 5.92 Å². The first-order chi connectivity index (χ1) is 7.26. The van der Waals surface area contributed by atoms with E-state index in [1.54, 1.807) is 6.08 Å². The summed E-state index contributed by atoms with van der Waals surface area (Å²) in [4.78, 5) is 10.9. The fourth-order valence-electron chi connectivity index (χ4n) is 1.39. The second-order valence-electron chi connectivity index (χ2n) is 5.52. The Hall–Kier alpha value is -0.833. The van der Waals surface area contributed by atoms with Crippen molar-refractivity contribution in [1.29, 1.82) is 0 Å². The third-order valence-corrected chi connectivity index (χ3v) is 3.69. The van der Waals surface area contributed by atoms with E-state index in [1.807, 2.05) is 0 Å². The molecule has 0 aromatic carbocycles. The van der Waals surface area contributed by atoms with E-state index in [1.165, 1.54) is 24.8 Å². The van der Waals surface area contributed by atoms with Crippen LogP contribution < -0.4 is 0 Å². The molecule has 0 amide bonds. The van der Waals surface area contributed by atoms with Crippen molar-refractivity contribution in [2.45, 2.75) is 39.5 Å². The van der Waals surface area contributed by atoms with Crippen LogP contribution >= 0.6 is 0 Å². The second-order valence-corrected chi connectivity index (χ2v) is 11.0. The van der Waals surface area contributed by atoms with Crippen LogP contribution in [-0.2, 0) is 9.53 Å². The molecule has 0 bridgehead atoms. The number of hydrogen-bond donors (Lipinski definition) is 0. The molecule has 0 rings (SSSR count). The van der Waals surface area contributed by atoms with Crippen LogP contribution in [0.3, 0.4) is 0 Å². The van der Waals surface area contributed by atoms with Gasteiger partial charge in [0.15, 0.2) is 0 Å². The van der Waals surface area contributed by atoms with Gasteiger partial charge in [-0.3, -0.25) is 0 Å². The highest BCUT2D eigenvalue weighted by atomic mass is 28.3. The smallest absolute Gasteiger partial charge is 0.330 e. The van der Waals surface area contributed by atoms with Gasteiger partial charge in [0, 0.05) is 14.1 Å². The number of esters is 1. The number of carbonyl (C=O) groups excluding carboxylic acids is 1. The van der Waals surface area contributed by atoms with Crippen LogP contribution in [0.4, 0.5) is 0 Å². The van der Waals surface area contributed by atoms with Crippen LogP contribution in [-0.4, -0.2) is 21.2 Å². The third kappa shape index (κ3) is 7.46. The second kappa shape index (κ2) is 6.69. The predicted octanol–water partition coefficient (Wildman–Crippen LogP) is 3.64. The fraction of sp³-hybridized carbons (Fsp3) is 0.615. The van der Waals surface area contributed by atoms with Gasteiger partial charge in [0.1, 0.15) is 0 Å². The highest BCUT2D eigenvalue weighted by molar-refractivity contribution is 6.76. The van der Waals surface area contributed by atoms with Crippen molar-refractivity contribution in [3.8, 4) is 0 Å². The molecule has 0 aliphatic rings. The van der Waals surface area contributed by atoms with Gasteiger partial charge in [-0.25, -0.2) is 4.79 Å². The third-order valence-electron chi connectivity index (χ3n) is 2.22. The Bertz CT molecular complexity index is 283. The van der Waals surface area contributed by atoms with Crippen molar-refractivity contribution in [2.24, 2.45) is 5.92 Å². The Kier molecular flexibility index (Phi) is 6.34. The lowest BCUT2D eigenvalue weighted by Gasteiger charge is -2.20. The summed E-state index contributed by atoms with van der Waals surface area (Å²) in [6.07, 6.45) is 5.31. The summed E-state index contributed by atoms with van der Waals surface area (Å²) in [5.74, 6) is 0.237. The predicted molar refractivity (Wildman–Crippen MR) is 72.2 cm³/mol. The maximum absolute atomic E-state index is 10.9. The Balaban J connectivity index is 4.60. The van der Waals surface area contributed by atoms with E-state index >= 15 is 0 Å². The van der Waals surface area contributed by atoms with Gasteiger partial charge in [-0.2, -0.15) is 0 Å². The molecule has 0 aliphatic heterocycles. The SMILES string of the molecule is COC(=O)/C=C/C=C(/C[Si](C)(C)C)C(C)C. The summed E-state index contributed by atoms with van der Waals surface area (Å²) in [5.41, 5.74) is 1.42. The summed E-state index contributed by atoms with van der Waals surface area (Å²) in [7, 11) is 0.304. The maximum atomic E-state index is 10.9. The Morgan fingerprint density at radius 3 is 2.25 bits per heavy atom. The minimum atomic E-state index is -1.09. The lowest BCUT2D eigenvalue weighted by molar-refractivity contribution is -0.134. The molecule has 0 atom stereocenters. The van der Waals surface area contributed by atoms with Crippen molar-refractivity contribution in [2.75, 3.05) is 7.11 Å². The van der Waals surface area contributed by atoms with Crippen LogP contribution in [0.15, 0.2) is 23.8 Å². The van der Waals surface area contributed by atoms with Crippen LogP contribution in [0.2, 0.25) is 25.7 Å². The molecule has 0 saturated carbocycles. The maximum Gasteiger partial charge on any atom is 0.330 e. The zero-order valence-corrected chi connectivity index (χ0v) is 12.3. The molecule has 0 saturated heterocycles. The summed E-state index contributed by atoms with van der Waals surface area (Å²) in [6.45, 7) is 11.4. The number of carbonyl (C=O) groups is 1. The average molecular weight is 240 g/mol. The van der Waals surface area contributed by atoms with Crippen molar-refractivity contribution in [1.82, 2.24) is 0 Å². The molecule has 0 N–H and O–H groups in total. The van der Waals surface area contributed by atoms with E-state index in [-0.39, 0.29) is 5.97 Å². The van der Waals surface area contributed by atoms with Gasteiger partial charge in [0.2, 0.25) is 0 Å². The summed E-state index contributed by atoms with van der Waals surface area (Å²) in [5, 5.41) is 0. The van der Waals surface area contributed by atoms with Gasteiger partial charge >= 0.3 is 5.97 Å². The quantitative estimate of drug-likeness (QED) is 0.317. The molecule has 0 aromatic rings. The van der Waals surface area contributed by atoms with Crippen molar-refractivity contribution < 1.29 is 9.53 Å². The molecule has 0 unspecified atom stereocenters. The molecule has 0 radical (unpaired) electrons. The normalized spacial score (nSPS) is 13.6. The molecule has 92 valence electrons. The number of methoxy groups -OCH3 is 1. The zero-order chi connectivity index (χ0) is 12.8. The van der Waals surface area contributed by atoms with Gasteiger partial charge in [0.25, 0.3) is 0 Å². The molecule has 0 aliphatic carbocycles. The number of hydrogen-bond acceptors (Lipinski definition) is 2. The van der Waals surface area contributed by atoms with E-state index in [4.69, 9.17) is 0 Å². The lowest BCUT2D eigenvalue weighted by atomic mass is 10.1. The van der Waals surface area contributed by atoms with E-state index in [9.17, 15) is 4.79 Å². The zero-order valence-electron chi connectivity index (χ0n) is 11.3. The monoisotopic (exact) mass is 240 g/mol. The van der Waals surface area contributed by atoms with Crippen molar-refractivity contribution in [3.63, 3.8) is 0 Å². The summed E-state index contributed by atoms with van der Waals surface area (Å²) < 4.78 is 4.55. The Labute approximate surface area is 100 Å². The van der Waals surface area contributed by atoms with Gasteiger partial charge in [-0.15, -0.1) is 0 Å². The average Bonchev–Trinajstić information content (AvgIpc) is 2.13. The number of rotatable bonds is 5. The molecule has 3 heteroatoms. The molecule has 16 heavy (non-hydrogen) atoms. The first-order valence-electron chi connectivity index (χ1n) is 5.71.